The van der Waals surface area contributed by atoms with Gasteiger partial charge < -0.3 is 10.4 Å². The van der Waals surface area contributed by atoms with Crippen molar-refractivity contribution in [2.24, 2.45) is 5.41 Å². The zero-order valence-corrected chi connectivity index (χ0v) is 12.1. The normalized spacial score (nSPS) is 21.9. The molecular weight excluding hydrogens is 262 g/mol. The van der Waals surface area contributed by atoms with Crippen LogP contribution in [0.5, 0.6) is 0 Å². The van der Waals surface area contributed by atoms with E-state index in [9.17, 15) is 9.90 Å². The van der Waals surface area contributed by atoms with Gasteiger partial charge >= 0.3 is 5.97 Å². The van der Waals surface area contributed by atoms with Crippen LogP contribution in [0.15, 0.2) is 18.2 Å². The van der Waals surface area contributed by atoms with Gasteiger partial charge in [-0.25, -0.2) is 4.79 Å². The number of nitrogens with one attached hydrogen (secondary N) is 1. The first-order chi connectivity index (χ1) is 8.87. The Hall–Kier alpha value is -1.22. The average molecular weight is 282 g/mol. The molecule has 1 fully saturated rings. The molecule has 0 radical (unpaired) electrons. The van der Waals surface area contributed by atoms with Crippen molar-refractivity contribution in [3.63, 3.8) is 0 Å². The molecule has 3 nitrogen and oxygen atoms in total. The lowest BCUT2D eigenvalue weighted by atomic mass is 9.75. The first kappa shape index (κ1) is 14.2. The summed E-state index contributed by atoms with van der Waals surface area (Å²) in [6.07, 6.45) is 4.57. The van der Waals surface area contributed by atoms with Gasteiger partial charge in [0, 0.05) is 16.8 Å². The van der Waals surface area contributed by atoms with Gasteiger partial charge in [0.05, 0.1) is 5.56 Å². The molecule has 2 N–H and O–H groups in total. The molecule has 0 aliphatic heterocycles. The van der Waals surface area contributed by atoms with Crippen molar-refractivity contribution in [2.45, 2.75) is 45.6 Å². The standard InChI is InChI=1S/C15H20ClNO2/c1-15(2)7-3-4-11(9-15)17-13-6-5-10(16)8-12(13)14(18)19/h5-6,8,11,17H,3-4,7,9H2,1-2H3,(H,18,19). The number of carboxylic acid groups (broad SMARTS) is 1. The van der Waals surface area contributed by atoms with Crippen LogP contribution in [0.1, 0.15) is 49.9 Å². The Kier molecular flexibility index (Phi) is 4.04. The monoisotopic (exact) mass is 281 g/mol. The smallest absolute Gasteiger partial charge is 0.337 e. The number of aromatic carboxylic acids is 1. The summed E-state index contributed by atoms with van der Waals surface area (Å²) in [5.41, 5.74) is 1.24. The summed E-state index contributed by atoms with van der Waals surface area (Å²) in [5.74, 6) is -0.944. The molecule has 0 amide bonds. The van der Waals surface area contributed by atoms with Crippen LogP contribution in [0, 0.1) is 5.41 Å². The Morgan fingerprint density at radius 1 is 1.47 bits per heavy atom. The predicted molar refractivity (Wildman–Crippen MR) is 78.1 cm³/mol. The van der Waals surface area contributed by atoms with E-state index < -0.39 is 5.97 Å². The van der Waals surface area contributed by atoms with Crippen LogP contribution >= 0.6 is 11.6 Å². The zero-order chi connectivity index (χ0) is 14.0. The van der Waals surface area contributed by atoms with E-state index in [1.165, 1.54) is 18.9 Å². The first-order valence-electron chi connectivity index (χ1n) is 6.67. The Morgan fingerprint density at radius 2 is 2.21 bits per heavy atom. The van der Waals surface area contributed by atoms with E-state index in [1.54, 1.807) is 12.1 Å². The molecule has 0 spiro atoms. The lowest BCUT2D eigenvalue weighted by Gasteiger charge is -2.36. The molecule has 1 atom stereocenters. The van der Waals surface area contributed by atoms with Crippen molar-refractivity contribution in [1.82, 2.24) is 0 Å². The minimum atomic E-state index is -0.944. The highest BCUT2D eigenvalue weighted by Crippen LogP contribution is 2.36. The fourth-order valence-electron chi connectivity index (χ4n) is 2.86. The molecule has 2 rings (SSSR count). The van der Waals surface area contributed by atoms with Crippen LogP contribution in [0.2, 0.25) is 5.02 Å². The van der Waals surface area contributed by atoms with Crippen molar-refractivity contribution < 1.29 is 9.90 Å². The second kappa shape index (κ2) is 5.41. The lowest BCUT2D eigenvalue weighted by molar-refractivity contribution is 0.0698. The summed E-state index contributed by atoms with van der Waals surface area (Å²) in [4.78, 5) is 11.2. The molecule has 0 heterocycles. The summed E-state index contributed by atoms with van der Waals surface area (Å²) in [5, 5.41) is 13.0. The fraction of sp³-hybridized carbons (Fsp3) is 0.533. The van der Waals surface area contributed by atoms with Crippen LogP contribution < -0.4 is 5.32 Å². The van der Waals surface area contributed by atoms with Crippen molar-refractivity contribution >= 4 is 23.3 Å². The van der Waals surface area contributed by atoms with Crippen LogP contribution in [0.25, 0.3) is 0 Å². The van der Waals surface area contributed by atoms with E-state index in [0.717, 1.165) is 12.8 Å². The molecule has 0 aromatic heterocycles. The molecule has 104 valence electrons. The van der Waals surface area contributed by atoms with E-state index in [2.05, 4.69) is 19.2 Å². The molecule has 1 unspecified atom stereocenters. The van der Waals surface area contributed by atoms with Gasteiger partial charge in [-0.15, -0.1) is 0 Å². The first-order valence-corrected chi connectivity index (χ1v) is 7.04. The van der Waals surface area contributed by atoms with Gasteiger partial charge in [0.2, 0.25) is 0 Å². The summed E-state index contributed by atoms with van der Waals surface area (Å²) in [6, 6.07) is 5.32. The van der Waals surface area contributed by atoms with Gasteiger partial charge in [-0.1, -0.05) is 31.9 Å². The second-order valence-electron chi connectivity index (χ2n) is 6.10. The maximum absolute atomic E-state index is 11.2. The third-order valence-corrected chi connectivity index (χ3v) is 4.01. The Balaban J connectivity index is 2.17. The van der Waals surface area contributed by atoms with Gasteiger partial charge in [-0.05, 0) is 42.9 Å². The Labute approximate surface area is 119 Å². The van der Waals surface area contributed by atoms with Crippen molar-refractivity contribution in [3.8, 4) is 0 Å². The highest BCUT2D eigenvalue weighted by molar-refractivity contribution is 6.31. The maximum atomic E-state index is 11.2. The number of benzene rings is 1. The molecule has 4 heteroatoms. The SMILES string of the molecule is CC1(C)CCCC(Nc2ccc(Cl)cc2C(=O)O)C1. The van der Waals surface area contributed by atoms with E-state index >= 15 is 0 Å². The number of anilines is 1. The van der Waals surface area contributed by atoms with Crippen LogP contribution in [-0.2, 0) is 0 Å². The van der Waals surface area contributed by atoms with E-state index in [4.69, 9.17) is 11.6 Å². The molecule has 1 aromatic carbocycles. The highest BCUT2D eigenvalue weighted by Gasteiger charge is 2.28. The Morgan fingerprint density at radius 3 is 2.84 bits per heavy atom. The number of hydrogen-bond donors (Lipinski definition) is 2. The van der Waals surface area contributed by atoms with Crippen LogP contribution in [-0.4, -0.2) is 17.1 Å². The minimum Gasteiger partial charge on any atom is -0.478 e. The second-order valence-corrected chi connectivity index (χ2v) is 6.53. The maximum Gasteiger partial charge on any atom is 0.337 e. The van der Waals surface area contributed by atoms with Gasteiger partial charge in [-0.2, -0.15) is 0 Å². The summed E-state index contributed by atoms with van der Waals surface area (Å²) < 4.78 is 0. The topological polar surface area (TPSA) is 49.3 Å². The molecular formula is C15H20ClNO2. The number of halogens is 1. The van der Waals surface area contributed by atoms with Gasteiger partial charge in [0.1, 0.15) is 0 Å². The van der Waals surface area contributed by atoms with Crippen LogP contribution in [0.3, 0.4) is 0 Å². The van der Waals surface area contributed by atoms with Crippen LogP contribution in [0.4, 0.5) is 5.69 Å². The highest BCUT2D eigenvalue weighted by atomic mass is 35.5. The third-order valence-electron chi connectivity index (χ3n) is 3.78. The molecule has 0 saturated heterocycles. The summed E-state index contributed by atoms with van der Waals surface area (Å²) >= 11 is 5.86. The lowest BCUT2D eigenvalue weighted by Crippen LogP contribution is -2.32. The van der Waals surface area contributed by atoms with Crippen molar-refractivity contribution in [3.05, 3.63) is 28.8 Å². The van der Waals surface area contributed by atoms with Gasteiger partial charge in [0.15, 0.2) is 0 Å². The quantitative estimate of drug-likeness (QED) is 0.862. The van der Waals surface area contributed by atoms with E-state index in [1.807, 2.05) is 0 Å². The zero-order valence-electron chi connectivity index (χ0n) is 11.4. The number of hydrogen-bond acceptors (Lipinski definition) is 2. The summed E-state index contributed by atoms with van der Waals surface area (Å²) in [6.45, 7) is 4.53. The Bertz CT molecular complexity index is 485. The molecule has 1 saturated carbocycles. The minimum absolute atomic E-state index is 0.246. The number of rotatable bonds is 3. The number of carboxylic acids is 1. The average Bonchev–Trinajstić information content (AvgIpc) is 2.30. The molecule has 19 heavy (non-hydrogen) atoms. The van der Waals surface area contributed by atoms with E-state index in [0.29, 0.717) is 22.2 Å². The van der Waals surface area contributed by atoms with Gasteiger partial charge in [0.25, 0.3) is 0 Å². The summed E-state index contributed by atoms with van der Waals surface area (Å²) in [7, 11) is 0. The molecule has 0 bridgehead atoms. The fourth-order valence-corrected chi connectivity index (χ4v) is 3.03. The molecule has 1 aliphatic rings. The third kappa shape index (κ3) is 3.63. The van der Waals surface area contributed by atoms with Crippen molar-refractivity contribution in [2.75, 3.05) is 5.32 Å². The molecule has 1 aliphatic carbocycles. The molecule has 1 aromatic rings. The van der Waals surface area contributed by atoms with Gasteiger partial charge in [-0.3, -0.25) is 0 Å². The number of carbonyl (C=O) groups is 1. The predicted octanol–water partition coefficient (Wildman–Crippen LogP) is 4.42. The largest absolute Gasteiger partial charge is 0.478 e. The van der Waals surface area contributed by atoms with E-state index in [-0.39, 0.29) is 5.56 Å². The van der Waals surface area contributed by atoms with Crippen molar-refractivity contribution in [1.29, 1.82) is 0 Å².